The number of hydrogen-bond acceptors (Lipinski definition) is 3. The van der Waals surface area contributed by atoms with Crippen molar-refractivity contribution in [3.8, 4) is 0 Å². The molecule has 1 aromatic carbocycles. The highest BCUT2D eigenvalue weighted by Gasteiger charge is 2.52. The summed E-state index contributed by atoms with van der Waals surface area (Å²) in [6, 6.07) is 9.31. The fraction of sp³-hybridized carbons (Fsp3) is 0.619. The summed E-state index contributed by atoms with van der Waals surface area (Å²) in [6.07, 6.45) is 8.01. The second kappa shape index (κ2) is 7.26. The molecule has 1 aromatic rings. The van der Waals surface area contributed by atoms with E-state index >= 15 is 0 Å². The Balaban J connectivity index is 1.27. The molecule has 0 saturated heterocycles. The zero-order valence-electron chi connectivity index (χ0n) is 15.4. The number of hydrogen-bond donors (Lipinski definition) is 2. The van der Waals surface area contributed by atoms with E-state index in [1.54, 1.807) is 0 Å². The maximum Gasteiger partial charge on any atom is 0.321 e. The van der Waals surface area contributed by atoms with Crippen LogP contribution >= 0.6 is 11.8 Å². The van der Waals surface area contributed by atoms with Crippen LogP contribution in [0, 0.1) is 17.8 Å². The van der Waals surface area contributed by atoms with Crippen LogP contribution in [0.1, 0.15) is 51.0 Å². The monoisotopic (exact) mass is 372 g/mol. The van der Waals surface area contributed by atoms with E-state index in [0.717, 1.165) is 23.3 Å². The van der Waals surface area contributed by atoms with Crippen LogP contribution in [0.5, 0.6) is 0 Å². The quantitative estimate of drug-likeness (QED) is 0.818. The standard InChI is InChI=1S/C21H28N2O2S/c1-14(19(24)23-20(25)22-13-15-5-3-2-4-6-15)26-21-10-16-7-17(11-21)9-18(8-16)12-21/h2-6,14,16-18H,7-13H2,1H3,(H2,22,23,24,25)/t14-,16?,17?,18?,21?/m0/s1. The highest BCUT2D eigenvalue weighted by molar-refractivity contribution is 8.01. The molecule has 5 rings (SSSR count). The van der Waals surface area contributed by atoms with Gasteiger partial charge in [-0.25, -0.2) is 4.79 Å². The van der Waals surface area contributed by atoms with Gasteiger partial charge in [-0.15, -0.1) is 11.8 Å². The third-order valence-corrected chi connectivity index (χ3v) is 7.88. The lowest BCUT2D eigenvalue weighted by molar-refractivity contribution is -0.119. The van der Waals surface area contributed by atoms with Gasteiger partial charge in [-0.1, -0.05) is 30.3 Å². The zero-order valence-corrected chi connectivity index (χ0v) is 16.2. The van der Waals surface area contributed by atoms with E-state index in [-0.39, 0.29) is 15.9 Å². The molecule has 4 fully saturated rings. The summed E-state index contributed by atoms with van der Waals surface area (Å²) >= 11 is 1.83. The Labute approximate surface area is 159 Å². The van der Waals surface area contributed by atoms with Crippen LogP contribution in [0.25, 0.3) is 0 Å². The van der Waals surface area contributed by atoms with Crippen molar-refractivity contribution in [2.45, 2.75) is 62.0 Å². The summed E-state index contributed by atoms with van der Waals surface area (Å²) in [6.45, 7) is 2.37. The predicted octanol–water partition coefficient (Wildman–Crippen LogP) is 4.10. The topological polar surface area (TPSA) is 58.2 Å². The van der Waals surface area contributed by atoms with Gasteiger partial charge in [0.25, 0.3) is 0 Å². The molecule has 4 bridgehead atoms. The van der Waals surface area contributed by atoms with E-state index in [2.05, 4.69) is 10.6 Å². The second-order valence-electron chi connectivity index (χ2n) is 8.52. The lowest BCUT2D eigenvalue weighted by Crippen LogP contribution is -2.50. The minimum atomic E-state index is -0.406. The van der Waals surface area contributed by atoms with Crippen LogP contribution in [-0.4, -0.2) is 21.9 Å². The lowest BCUT2D eigenvalue weighted by atomic mass is 9.56. The number of carbonyl (C=O) groups is 2. The van der Waals surface area contributed by atoms with E-state index in [1.165, 1.54) is 38.5 Å². The van der Waals surface area contributed by atoms with Crippen LogP contribution in [0.2, 0.25) is 0 Å². The van der Waals surface area contributed by atoms with Crippen LogP contribution in [0.3, 0.4) is 0 Å². The number of urea groups is 1. The summed E-state index contributed by atoms with van der Waals surface area (Å²) in [5, 5.41) is 5.10. The smallest absolute Gasteiger partial charge is 0.321 e. The van der Waals surface area contributed by atoms with Gasteiger partial charge in [0.15, 0.2) is 0 Å². The molecule has 3 amide bonds. The lowest BCUT2D eigenvalue weighted by Gasteiger charge is -2.56. The first-order valence-electron chi connectivity index (χ1n) is 9.82. The van der Waals surface area contributed by atoms with Crippen LogP contribution in [-0.2, 0) is 11.3 Å². The molecular weight excluding hydrogens is 344 g/mol. The average molecular weight is 373 g/mol. The summed E-state index contributed by atoms with van der Waals surface area (Å²) in [4.78, 5) is 24.5. The molecule has 0 aliphatic heterocycles. The first kappa shape index (κ1) is 17.9. The SMILES string of the molecule is C[C@H](SC12CC3CC(CC(C3)C1)C2)C(=O)NC(=O)NCc1ccccc1. The van der Waals surface area contributed by atoms with Gasteiger partial charge in [0.2, 0.25) is 5.91 Å². The Morgan fingerprint density at radius 1 is 1.08 bits per heavy atom. The number of benzene rings is 1. The van der Waals surface area contributed by atoms with E-state index in [4.69, 9.17) is 0 Å². The maximum atomic E-state index is 12.5. The largest absolute Gasteiger partial charge is 0.334 e. The van der Waals surface area contributed by atoms with Gasteiger partial charge in [-0.3, -0.25) is 10.1 Å². The number of imide groups is 1. The number of rotatable bonds is 5. The van der Waals surface area contributed by atoms with Crippen molar-refractivity contribution in [2.75, 3.05) is 0 Å². The molecule has 0 heterocycles. The molecule has 1 atom stereocenters. The molecule has 2 N–H and O–H groups in total. The molecule has 4 aliphatic rings. The number of nitrogens with one attached hydrogen (secondary N) is 2. The molecule has 0 spiro atoms. The maximum absolute atomic E-state index is 12.5. The molecule has 4 saturated carbocycles. The van der Waals surface area contributed by atoms with E-state index in [9.17, 15) is 9.59 Å². The highest BCUT2D eigenvalue weighted by Crippen LogP contribution is 2.61. The number of amides is 3. The highest BCUT2D eigenvalue weighted by atomic mass is 32.2. The van der Waals surface area contributed by atoms with Crippen LogP contribution in [0.4, 0.5) is 4.79 Å². The van der Waals surface area contributed by atoms with Gasteiger partial charge >= 0.3 is 6.03 Å². The van der Waals surface area contributed by atoms with Crippen molar-refractivity contribution in [2.24, 2.45) is 17.8 Å². The molecule has 26 heavy (non-hydrogen) atoms. The molecule has 4 aliphatic carbocycles. The summed E-state index contributed by atoms with van der Waals surface area (Å²) in [7, 11) is 0. The van der Waals surface area contributed by atoms with E-state index in [0.29, 0.717) is 6.54 Å². The van der Waals surface area contributed by atoms with Crippen molar-refractivity contribution in [1.29, 1.82) is 0 Å². The molecular formula is C21H28N2O2S. The molecule has 5 heteroatoms. The number of thioether (sulfide) groups is 1. The number of carbonyl (C=O) groups excluding carboxylic acids is 2. The summed E-state index contributed by atoms with van der Waals surface area (Å²) in [5.41, 5.74) is 1.02. The van der Waals surface area contributed by atoms with E-state index < -0.39 is 6.03 Å². The fourth-order valence-electron chi connectivity index (χ4n) is 5.64. The predicted molar refractivity (Wildman–Crippen MR) is 105 cm³/mol. The zero-order chi connectivity index (χ0) is 18.1. The van der Waals surface area contributed by atoms with Crippen LogP contribution in [0.15, 0.2) is 30.3 Å². The van der Waals surface area contributed by atoms with Gasteiger partial charge in [0, 0.05) is 11.3 Å². The van der Waals surface area contributed by atoms with Crippen molar-refractivity contribution in [3.05, 3.63) is 35.9 Å². The van der Waals surface area contributed by atoms with Gasteiger partial charge < -0.3 is 5.32 Å². The Hall–Kier alpha value is -1.49. The Morgan fingerprint density at radius 2 is 1.65 bits per heavy atom. The third-order valence-electron chi connectivity index (χ3n) is 6.31. The molecule has 0 aromatic heterocycles. The minimum absolute atomic E-state index is 0.170. The average Bonchev–Trinajstić information content (AvgIpc) is 2.59. The molecule has 4 nitrogen and oxygen atoms in total. The summed E-state index contributed by atoms with van der Waals surface area (Å²) < 4.78 is 0.284. The van der Waals surface area contributed by atoms with Crippen molar-refractivity contribution in [3.63, 3.8) is 0 Å². The molecule has 140 valence electrons. The summed E-state index contributed by atoms with van der Waals surface area (Å²) in [5.74, 6) is 2.45. The minimum Gasteiger partial charge on any atom is -0.334 e. The van der Waals surface area contributed by atoms with Gasteiger partial charge in [-0.05, 0) is 68.8 Å². The second-order valence-corrected chi connectivity index (χ2v) is 10.3. The Kier molecular flexibility index (Phi) is 5.00. The first-order chi connectivity index (χ1) is 12.5. The normalized spacial score (nSPS) is 32.9. The Bertz CT molecular complexity index is 641. The van der Waals surface area contributed by atoms with Crippen molar-refractivity contribution >= 4 is 23.7 Å². The molecule has 0 radical (unpaired) electrons. The third kappa shape index (κ3) is 3.93. The van der Waals surface area contributed by atoms with Gasteiger partial charge in [0.1, 0.15) is 0 Å². The Morgan fingerprint density at radius 3 is 2.23 bits per heavy atom. The van der Waals surface area contributed by atoms with Crippen molar-refractivity contribution < 1.29 is 9.59 Å². The first-order valence-corrected chi connectivity index (χ1v) is 10.7. The van der Waals surface area contributed by atoms with Crippen LogP contribution < -0.4 is 10.6 Å². The van der Waals surface area contributed by atoms with Gasteiger partial charge in [0.05, 0.1) is 5.25 Å². The fourth-order valence-corrected chi connectivity index (χ4v) is 7.55. The van der Waals surface area contributed by atoms with Gasteiger partial charge in [-0.2, -0.15) is 0 Å². The molecule has 0 unspecified atom stereocenters. The van der Waals surface area contributed by atoms with E-state index in [1.807, 2.05) is 49.0 Å². The van der Waals surface area contributed by atoms with Crippen molar-refractivity contribution in [1.82, 2.24) is 10.6 Å².